The summed E-state index contributed by atoms with van der Waals surface area (Å²) in [4.78, 5) is 23.6. The molecular formula is C22H27NO7. The number of carbonyl (C=O) groups is 2. The van der Waals surface area contributed by atoms with Crippen molar-refractivity contribution in [2.75, 3.05) is 7.11 Å². The predicted octanol–water partition coefficient (Wildman–Crippen LogP) is 3.29. The van der Waals surface area contributed by atoms with Gasteiger partial charge in [0.05, 0.1) is 7.11 Å². The topological polar surface area (TPSA) is 114 Å². The molecule has 2 aromatic carbocycles. The molecule has 0 spiro atoms. The molecule has 0 unspecified atom stereocenters. The van der Waals surface area contributed by atoms with Crippen molar-refractivity contribution in [3.63, 3.8) is 0 Å². The molecule has 8 nitrogen and oxygen atoms in total. The fourth-order valence-electron chi connectivity index (χ4n) is 2.63. The van der Waals surface area contributed by atoms with Gasteiger partial charge in [0.1, 0.15) is 18.3 Å². The number of alkyl carbamates (subject to hydrolysis) is 1. The van der Waals surface area contributed by atoms with E-state index in [1.165, 1.54) is 19.2 Å². The number of nitrogens with one attached hydrogen (secondary N) is 1. The van der Waals surface area contributed by atoms with Gasteiger partial charge >= 0.3 is 12.1 Å². The molecule has 0 saturated heterocycles. The normalized spacial score (nSPS) is 13.1. The second-order valence-electron chi connectivity index (χ2n) is 7.59. The molecule has 8 heteroatoms. The molecule has 2 aromatic rings. The van der Waals surface area contributed by atoms with Crippen LogP contribution in [0.5, 0.6) is 11.5 Å². The molecular weight excluding hydrogens is 390 g/mol. The molecule has 0 aromatic heterocycles. The molecule has 0 bridgehead atoms. The van der Waals surface area contributed by atoms with E-state index in [9.17, 15) is 19.8 Å². The fourth-order valence-corrected chi connectivity index (χ4v) is 2.63. The Bertz CT molecular complexity index is 862. The first-order chi connectivity index (χ1) is 14.1. The molecule has 0 radical (unpaired) electrons. The maximum atomic E-state index is 12.0. The summed E-state index contributed by atoms with van der Waals surface area (Å²) in [7, 11) is 1.44. The van der Waals surface area contributed by atoms with E-state index >= 15 is 0 Å². The van der Waals surface area contributed by atoms with E-state index in [1.54, 1.807) is 26.8 Å². The molecule has 162 valence electrons. The maximum Gasteiger partial charge on any atom is 0.408 e. The highest BCUT2D eigenvalue weighted by atomic mass is 16.6. The Morgan fingerprint density at radius 2 is 1.73 bits per heavy atom. The van der Waals surface area contributed by atoms with E-state index in [0.29, 0.717) is 18.1 Å². The smallest absolute Gasteiger partial charge is 0.408 e. The first kappa shape index (κ1) is 23.0. The summed E-state index contributed by atoms with van der Waals surface area (Å²) in [6, 6.07) is 12.5. The molecule has 0 heterocycles. The van der Waals surface area contributed by atoms with Crippen molar-refractivity contribution in [1.29, 1.82) is 0 Å². The number of aliphatic carboxylic acids is 1. The summed E-state index contributed by atoms with van der Waals surface area (Å²) in [5.41, 5.74) is 0.400. The van der Waals surface area contributed by atoms with Gasteiger partial charge in [0.25, 0.3) is 0 Å². The van der Waals surface area contributed by atoms with Crippen molar-refractivity contribution < 1.29 is 34.0 Å². The van der Waals surface area contributed by atoms with Crippen molar-refractivity contribution >= 4 is 12.1 Å². The van der Waals surface area contributed by atoms with Crippen LogP contribution in [0.25, 0.3) is 0 Å². The standard InChI is InChI=1S/C22H27NO7/c1-22(2,3)30-21(27)23-18(20(25)26)19(24)15-10-11-16(17(12-15)28-4)29-13-14-8-6-5-7-9-14/h5-12,18-19,24H,13H2,1-4H3,(H,23,27)(H,25,26)/t18-,19+/m1/s1. The van der Waals surface area contributed by atoms with Crippen LogP contribution in [0.4, 0.5) is 4.79 Å². The second kappa shape index (κ2) is 9.98. The lowest BCUT2D eigenvalue weighted by atomic mass is 10.0. The largest absolute Gasteiger partial charge is 0.493 e. The summed E-state index contributed by atoms with van der Waals surface area (Å²) in [6.07, 6.45) is -2.48. The molecule has 30 heavy (non-hydrogen) atoms. The molecule has 0 saturated carbocycles. The lowest BCUT2D eigenvalue weighted by molar-refractivity contribution is -0.142. The Balaban J connectivity index is 2.15. The van der Waals surface area contributed by atoms with Crippen LogP contribution in [-0.2, 0) is 16.1 Å². The Kier molecular flexibility index (Phi) is 7.66. The molecule has 3 N–H and O–H groups in total. The minimum atomic E-state index is -1.61. The molecule has 0 fully saturated rings. The van der Waals surface area contributed by atoms with Gasteiger partial charge in [-0.1, -0.05) is 36.4 Å². The number of carbonyl (C=O) groups excluding carboxylic acids is 1. The van der Waals surface area contributed by atoms with Crippen molar-refractivity contribution in [2.45, 2.75) is 45.1 Å². The van der Waals surface area contributed by atoms with E-state index in [1.807, 2.05) is 30.3 Å². The average Bonchev–Trinajstić information content (AvgIpc) is 2.69. The monoisotopic (exact) mass is 417 g/mol. The number of carboxylic acid groups (broad SMARTS) is 1. The van der Waals surface area contributed by atoms with Crippen molar-refractivity contribution in [1.82, 2.24) is 5.32 Å². The van der Waals surface area contributed by atoms with Crippen LogP contribution < -0.4 is 14.8 Å². The lowest BCUT2D eigenvalue weighted by Gasteiger charge is -2.24. The van der Waals surface area contributed by atoms with Crippen LogP contribution in [0.3, 0.4) is 0 Å². The van der Waals surface area contributed by atoms with Crippen LogP contribution in [0.2, 0.25) is 0 Å². The summed E-state index contributed by atoms with van der Waals surface area (Å²) in [5.74, 6) is -0.648. The quantitative estimate of drug-likeness (QED) is 0.604. The van der Waals surface area contributed by atoms with Gasteiger partial charge < -0.3 is 29.7 Å². The van der Waals surface area contributed by atoms with Crippen molar-refractivity contribution in [3.8, 4) is 11.5 Å². The predicted molar refractivity (Wildman–Crippen MR) is 110 cm³/mol. The first-order valence-electron chi connectivity index (χ1n) is 9.36. The number of ether oxygens (including phenoxy) is 3. The van der Waals surface area contributed by atoms with Crippen LogP contribution in [0.1, 0.15) is 38.0 Å². The van der Waals surface area contributed by atoms with E-state index in [2.05, 4.69) is 5.32 Å². The zero-order valence-electron chi connectivity index (χ0n) is 17.4. The van der Waals surface area contributed by atoms with Crippen LogP contribution in [0.15, 0.2) is 48.5 Å². The highest BCUT2D eigenvalue weighted by Crippen LogP contribution is 2.32. The summed E-state index contributed by atoms with van der Waals surface area (Å²) < 4.78 is 16.2. The molecule has 0 aliphatic heterocycles. The van der Waals surface area contributed by atoms with Gasteiger partial charge in [-0.3, -0.25) is 0 Å². The average molecular weight is 417 g/mol. The zero-order chi connectivity index (χ0) is 22.3. The van der Waals surface area contributed by atoms with Crippen LogP contribution in [0, 0.1) is 0 Å². The summed E-state index contributed by atoms with van der Waals surface area (Å²) >= 11 is 0. The molecule has 2 rings (SSSR count). The van der Waals surface area contributed by atoms with Gasteiger partial charge in [0.2, 0.25) is 0 Å². The third-order valence-corrected chi connectivity index (χ3v) is 4.02. The third-order valence-electron chi connectivity index (χ3n) is 4.02. The second-order valence-corrected chi connectivity index (χ2v) is 7.59. The number of aliphatic hydroxyl groups excluding tert-OH is 1. The maximum absolute atomic E-state index is 12.0. The Labute approximate surface area is 175 Å². The minimum Gasteiger partial charge on any atom is -0.493 e. The molecule has 1 amide bonds. The van der Waals surface area contributed by atoms with Gasteiger partial charge in [-0.2, -0.15) is 0 Å². The summed E-state index contributed by atoms with van der Waals surface area (Å²) in [5, 5.41) is 22.2. The van der Waals surface area contributed by atoms with Gasteiger partial charge in [0, 0.05) is 0 Å². The van der Waals surface area contributed by atoms with E-state index in [-0.39, 0.29) is 5.56 Å². The van der Waals surface area contributed by atoms with Gasteiger partial charge in [-0.05, 0) is 44.0 Å². The Morgan fingerprint density at radius 3 is 2.30 bits per heavy atom. The molecule has 2 atom stereocenters. The van der Waals surface area contributed by atoms with E-state index in [0.717, 1.165) is 5.56 Å². The fraction of sp³-hybridized carbons (Fsp3) is 0.364. The Hall–Kier alpha value is -3.26. The van der Waals surface area contributed by atoms with Crippen LogP contribution >= 0.6 is 0 Å². The number of amides is 1. The van der Waals surface area contributed by atoms with Gasteiger partial charge in [0.15, 0.2) is 17.5 Å². The van der Waals surface area contributed by atoms with Crippen LogP contribution in [-0.4, -0.2) is 41.0 Å². The zero-order valence-corrected chi connectivity index (χ0v) is 17.4. The third kappa shape index (κ3) is 6.66. The lowest BCUT2D eigenvalue weighted by Crippen LogP contribution is -2.46. The van der Waals surface area contributed by atoms with Gasteiger partial charge in [-0.25, -0.2) is 9.59 Å². The molecule has 0 aliphatic rings. The van der Waals surface area contributed by atoms with E-state index in [4.69, 9.17) is 14.2 Å². The number of aliphatic hydroxyl groups is 1. The number of benzene rings is 2. The number of rotatable bonds is 8. The number of methoxy groups -OCH3 is 1. The highest BCUT2D eigenvalue weighted by molar-refractivity contribution is 5.81. The first-order valence-corrected chi connectivity index (χ1v) is 9.36. The molecule has 0 aliphatic carbocycles. The number of hydrogen-bond acceptors (Lipinski definition) is 6. The number of carboxylic acids is 1. The van der Waals surface area contributed by atoms with E-state index < -0.39 is 29.8 Å². The Morgan fingerprint density at radius 1 is 1.07 bits per heavy atom. The number of hydrogen-bond donors (Lipinski definition) is 3. The summed E-state index contributed by atoms with van der Waals surface area (Å²) in [6.45, 7) is 5.27. The highest BCUT2D eigenvalue weighted by Gasteiger charge is 2.32. The SMILES string of the molecule is COc1cc([C@H](O)[C@@H](NC(=O)OC(C)(C)C)C(=O)O)ccc1OCc1ccccc1. The van der Waals surface area contributed by atoms with Crippen molar-refractivity contribution in [2.24, 2.45) is 0 Å². The minimum absolute atomic E-state index is 0.238. The van der Waals surface area contributed by atoms with Crippen molar-refractivity contribution in [3.05, 3.63) is 59.7 Å². The van der Waals surface area contributed by atoms with Gasteiger partial charge in [-0.15, -0.1) is 0 Å².